The molecule has 0 aromatic heterocycles. The molecule has 3 fully saturated rings. The lowest BCUT2D eigenvalue weighted by Crippen LogP contribution is -2.60. The van der Waals surface area contributed by atoms with Crippen molar-refractivity contribution in [3.63, 3.8) is 0 Å². The molecule has 0 amide bonds. The Morgan fingerprint density at radius 2 is 1.82 bits per heavy atom. The zero-order valence-electron chi connectivity index (χ0n) is 14.4. The first-order valence-corrected chi connectivity index (χ1v) is 8.71. The molecule has 22 heavy (non-hydrogen) atoms. The van der Waals surface area contributed by atoms with Gasteiger partial charge in [-0.1, -0.05) is 27.2 Å². The third-order valence-electron chi connectivity index (χ3n) is 6.61. The summed E-state index contributed by atoms with van der Waals surface area (Å²) in [6.45, 7) is 10.4. The van der Waals surface area contributed by atoms with Crippen LogP contribution in [-0.2, 0) is 19.0 Å². The molecule has 0 bridgehead atoms. The number of fused-ring (bicyclic) bond motifs is 1. The number of carbonyl (C=O) groups is 1. The molecule has 1 spiro atoms. The van der Waals surface area contributed by atoms with Crippen molar-refractivity contribution in [2.24, 2.45) is 22.7 Å². The number of ether oxygens (including phenoxy) is 3. The van der Waals surface area contributed by atoms with Crippen LogP contribution in [-0.4, -0.2) is 31.6 Å². The fourth-order valence-corrected chi connectivity index (χ4v) is 5.66. The summed E-state index contributed by atoms with van der Waals surface area (Å²) in [6, 6.07) is 0. The van der Waals surface area contributed by atoms with Crippen molar-refractivity contribution in [1.82, 2.24) is 0 Å². The Morgan fingerprint density at radius 3 is 2.45 bits per heavy atom. The molecule has 1 aliphatic heterocycles. The Labute approximate surface area is 133 Å². The summed E-state index contributed by atoms with van der Waals surface area (Å²) in [5.74, 6) is 0.0140. The topological polar surface area (TPSA) is 44.8 Å². The molecule has 0 N–H and O–H groups in total. The molecule has 4 heteroatoms. The number of carbonyl (C=O) groups excluding carboxylic acids is 1. The number of hydrogen-bond acceptors (Lipinski definition) is 4. The first-order chi connectivity index (χ1) is 10.3. The first kappa shape index (κ1) is 16.3. The average Bonchev–Trinajstić information content (AvgIpc) is 2.85. The molecular weight excluding hydrogens is 280 g/mol. The van der Waals surface area contributed by atoms with Gasteiger partial charge in [-0.15, -0.1) is 0 Å². The number of hydrogen-bond donors (Lipinski definition) is 0. The van der Waals surface area contributed by atoms with Gasteiger partial charge in [0.2, 0.25) is 0 Å². The maximum atomic E-state index is 11.4. The van der Waals surface area contributed by atoms with E-state index in [4.69, 9.17) is 14.2 Å². The third kappa shape index (κ3) is 2.48. The quantitative estimate of drug-likeness (QED) is 0.732. The van der Waals surface area contributed by atoms with E-state index in [-0.39, 0.29) is 17.3 Å². The molecule has 3 aliphatic rings. The molecule has 0 aromatic carbocycles. The summed E-state index contributed by atoms with van der Waals surface area (Å²) in [7, 11) is 0. The van der Waals surface area contributed by atoms with E-state index in [0.717, 1.165) is 12.8 Å². The van der Waals surface area contributed by atoms with Crippen molar-refractivity contribution in [3.8, 4) is 0 Å². The second kappa shape index (κ2) is 5.48. The van der Waals surface area contributed by atoms with Crippen LogP contribution in [0.25, 0.3) is 0 Å². The zero-order chi connectivity index (χ0) is 16.0. The molecule has 4 nitrogen and oxygen atoms in total. The zero-order valence-corrected chi connectivity index (χ0v) is 14.4. The van der Waals surface area contributed by atoms with Crippen LogP contribution in [0.5, 0.6) is 0 Å². The molecule has 1 heterocycles. The molecule has 126 valence electrons. The van der Waals surface area contributed by atoms with Crippen LogP contribution < -0.4 is 0 Å². The SMILES string of the molecule is CC(=O)OC[C@@H]1C2(CC[C@@H]3C(C)(C)CCC[C@]31C)OCCO2. The summed E-state index contributed by atoms with van der Waals surface area (Å²) >= 11 is 0. The van der Waals surface area contributed by atoms with Crippen molar-refractivity contribution in [2.75, 3.05) is 19.8 Å². The monoisotopic (exact) mass is 310 g/mol. The highest BCUT2D eigenvalue weighted by Gasteiger charge is 2.62. The van der Waals surface area contributed by atoms with Gasteiger partial charge in [-0.25, -0.2) is 0 Å². The van der Waals surface area contributed by atoms with Gasteiger partial charge in [-0.3, -0.25) is 4.79 Å². The molecule has 2 aliphatic carbocycles. The predicted octanol–water partition coefficient (Wildman–Crippen LogP) is 3.54. The lowest BCUT2D eigenvalue weighted by atomic mass is 9.47. The van der Waals surface area contributed by atoms with E-state index in [9.17, 15) is 4.79 Å². The maximum absolute atomic E-state index is 11.4. The molecule has 0 unspecified atom stereocenters. The number of esters is 1. The summed E-state index contributed by atoms with van der Waals surface area (Å²) < 4.78 is 17.6. The highest BCUT2D eigenvalue weighted by molar-refractivity contribution is 5.65. The minimum absolute atomic E-state index is 0.111. The minimum atomic E-state index is -0.534. The molecular formula is C18H30O4. The Morgan fingerprint density at radius 1 is 1.14 bits per heavy atom. The van der Waals surface area contributed by atoms with Crippen molar-refractivity contribution >= 4 is 5.97 Å². The van der Waals surface area contributed by atoms with Crippen molar-refractivity contribution in [2.45, 2.75) is 65.6 Å². The second-order valence-electron chi connectivity index (χ2n) is 8.30. The van der Waals surface area contributed by atoms with E-state index in [1.165, 1.54) is 26.2 Å². The maximum Gasteiger partial charge on any atom is 0.302 e. The van der Waals surface area contributed by atoms with E-state index in [2.05, 4.69) is 20.8 Å². The van der Waals surface area contributed by atoms with Crippen LogP contribution in [0.2, 0.25) is 0 Å². The number of rotatable bonds is 2. The van der Waals surface area contributed by atoms with Gasteiger partial charge in [0.05, 0.1) is 25.7 Å². The van der Waals surface area contributed by atoms with E-state index >= 15 is 0 Å². The van der Waals surface area contributed by atoms with Crippen LogP contribution in [0.15, 0.2) is 0 Å². The van der Waals surface area contributed by atoms with Gasteiger partial charge >= 0.3 is 5.97 Å². The van der Waals surface area contributed by atoms with Crippen molar-refractivity contribution in [1.29, 1.82) is 0 Å². The molecule has 3 atom stereocenters. The van der Waals surface area contributed by atoms with E-state index < -0.39 is 5.79 Å². The molecule has 2 saturated carbocycles. The van der Waals surface area contributed by atoms with Gasteiger partial charge in [0.25, 0.3) is 0 Å². The largest absolute Gasteiger partial charge is 0.465 e. The lowest BCUT2D eigenvalue weighted by molar-refractivity contribution is -0.279. The normalized spacial score (nSPS) is 39.5. The fourth-order valence-electron chi connectivity index (χ4n) is 5.66. The van der Waals surface area contributed by atoms with Gasteiger partial charge in [-0.2, -0.15) is 0 Å². The van der Waals surface area contributed by atoms with E-state index in [0.29, 0.717) is 31.2 Å². The van der Waals surface area contributed by atoms with Crippen LogP contribution in [0.1, 0.15) is 59.8 Å². The second-order valence-corrected chi connectivity index (χ2v) is 8.30. The standard InChI is InChI=1S/C18H30O4/c1-13(19)20-12-15-17(4)8-5-7-16(2,3)14(17)6-9-18(15)21-10-11-22-18/h14-15H,5-12H2,1-4H3/t14-,15+,17-/m1/s1. The Balaban J connectivity index is 1.93. The predicted molar refractivity (Wildman–Crippen MR) is 83.2 cm³/mol. The van der Waals surface area contributed by atoms with Gasteiger partial charge in [0.1, 0.15) is 0 Å². The van der Waals surface area contributed by atoms with Gasteiger partial charge in [0, 0.05) is 13.3 Å². The first-order valence-electron chi connectivity index (χ1n) is 8.71. The highest BCUT2D eigenvalue weighted by atomic mass is 16.7. The van der Waals surface area contributed by atoms with Crippen LogP contribution in [0, 0.1) is 22.7 Å². The van der Waals surface area contributed by atoms with Gasteiger partial charge in [-0.05, 0) is 36.0 Å². The van der Waals surface area contributed by atoms with Gasteiger partial charge < -0.3 is 14.2 Å². The highest BCUT2D eigenvalue weighted by Crippen LogP contribution is 2.63. The molecule has 0 aromatic rings. The van der Waals surface area contributed by atoms with Crippen LogP contribution in [0.3, 0.4) is 0 Å². The van der Waals surface area contributed by atoms with Gasteiger partial charge in [0.15, 0.2) is 5.79 Å². The minimum Gasteiger partial charge on any atom is -0.465 e. The third-order valence-corrected chi connectivity index (χ3v) is 6.61. The van der Waals surface area contributed by atoms with E-state index in [1.54, 1.807) is 0 Å². The molecule has 1 saturated heterocycles. The Kier molecular flexibility index (Phi) is 4.05. The lowest BCUT2D eigenvalue weighted by Gasteiger charge is -2.60. The summed E-state index contributed by atoms with van der Waals surface area (Å²) in [5.41, 5.74) is 0.446. The Bertz CT molecular complexity index is 438. The average molecular weight is 310 g/mol. The van der Waals surface area contributed by atoms with Crippen LogP contribution in [0.4, 0.5) is 0 Å². The van der Waals surface area contributed by atoms with Crippen molar-refractivity contribution < 1.29 is 19.0 Å². The van der Waals surface area contributed by atoms with E-state index in [1.807, 2.05) is 0 Å². The summed E-state index contributed by atoms with van der Waals surface area (Å²) in [6.07, 6.45) is 5.74. The molecule has 0 radical (unpaired) electrons. The Hall–Kier alpha value is -0.610. The molecule has 3 rings (SSSR count). The van der Waals surface area contributed by atoms with Crippen molar-refractivity contribution in [3.05, 3.63) is 0 Å². The van der Waals surface area contributed by atoms with Crippen LogP contribution >= 0.6 is 0 Å². The summed E-state index contributed by atoms with van der Waals surface area (Å²) in [5, 5.41) is 0. The smallest absolute Gasteiger partial charge is 0.302 e. The fraction of sp³-hybridized carbons (Fsp3) is 0.944. The summed E-state index contributed by atoms with van der Waals surface area (Å²) in [4.78, 5) is 11.4.